The number of aliphatic hydroxyl groups is 1. The zero-order chi connectivity index (χ0) is 25.7. The van der Waals surface area contributed by atoms with Gasteiger partial charge >= 0.3 is 0 Å². The van der Waals surface area contributed by atoms with Gasteiger partial charge in [-0.2, -0.15) is 9.61 Å². The van der Waals surface area contributed by atoms with Gasteiger partial charge < -0.3 is 16.2 Å². The molecule has 0 spiro atoms. The Morgan fingerprint density at radius 2 is 1.92 bits per heavy atom. The molecule has 0 radical (unpaired) electrons. The zero-order valence-electron chi connectivity index (χ0n) is 20.5. The Hall–Kier alpha value is -3.69. The summed E-state index contributed by atoms with van der Waals surface area (Å²) in [5, 5.41) is 18.4. The number of halogens is 2. The van der Waals surface area contributed by atoms with Crippen molar-refractivity contribution in [2.75, 3.05) is 5.32 Å². The molecule has 7 nitrogen and oxygen atoms in total. The van der Waals surface area contributed by atoms with Crippen molar-refractivity contribution in [1.29, 1.82) is 0 Å². The molecule has 2 unspecified atom stereocenters. The second-order valence-corrected chi connectivity index (χ2v) is 10.2. The van der Waals surface area contributed by atoms with Crippen molar-refractivity contribution in [2.24, 2.45) is 5.73 Å². The number of aromatic nitrogens is 4. The van der Waals surface area contributed by atoms with Crippen LogP contribution in [0.3, 0.4) is 0 Å². The second kappa shape index (κ2) is 9.00. The predicted octanol–water partition coefficient (Wildman–Crippen LogP) is 5.34. The Labute approximate surface area is 213 Å². The van der Waals surface area contributed by atoms with E-state index in [2.05, 4.69) is 33.4 Å². The van der Waals surface area contributed by atoms with Gasteiger partial charge in [0.05, 0.1) is 40.5 Å². The van der Waals surface area contributed by atoms with Crippen molar-refractivity contribution < 1.29 is 13.9 Å². The van der Waals surface area contributed by atoms with E-state index in [0.717, 1.165) is 30.5 Å². The number of fused-ring (bicyclic) bond motifs is 1. The number of imidazole rings is 1. The van der Waals surface area contributed by atoms with Crippen molar-refractivity contribution in [3.05, 3.63) is 83.3 Å². The average molecular weight is 503 g/mol. The largest absolute Gasteiger partial charge is 0.385 e. The number of hydrogen-bond donors (Lipinski definition) is 3. The van der Waals surface area contributed by atoms with Crippen LogP contribution in [0.15, 0.2) is 60.6 Å². The molecule has 3 heterocycles. The summed E-state index contributed by atoms with van der Waals surface area (Å²) < 4.78 is 31.8. The van der Waals surface area contributed by atoms with Gasteiger partial charge in [0.25, 0.3) is 0 Å². The van der Waals surface area contributed by atoms with E-state index >= 15 is 8.78 Å². The first kappa shape index (κ1) is 23.7. The van der Waals surface area contributed by atoms with Gasteiger partial charge in [0, 0.05) is 12.2 Å². The van der Waals surface area contributed by atoms with Gasteiger partial charge in [0.2, 0.25) is 5.95 Å². The molecule has 4 aromatic rings. The lowest BCUT2D eigenvalue weighted by atomic mass is 9.75. The lowest BCUT2D eigenvalue weighted by molar-refractivity contribution is -0.0392. The van der Waals surface area contributed by atoms with Crippen molar-refractivity contribution in [3.63, 3.8) is 0 Å². The second-order valence-electron chi connectivity index (χ2n) is 10.2. The highest BCUT2D eigenvalue weighted by Crippen LogP contribution is 2.43. The highest BCUT2D eigenvalue weighted by atomic mass is 19.1. The molecule has 0 saturated heterocycles. The van der Waals surface area contributed by atoms with Crippen LogP contribution in [0.2, 0.25) is 0 Å². The maximum atomic E-state index is 15.1. The molecule has 1 fully saturated rings. The number of nitrogens with one attached hydrogen (secondary N) is 1. The summed E-state index contributed by atoms with van der Waals surface area (Å²) in [6, 6.07) is 7.68. The number of pyridine rings is 1. The van der Waals surface area contributed by atoms with Crippen molar-refractivity contribution in [1.82, 2.24) is 19.6 Å². The summed E-state index contributed by atoms with van der Waals surface area (Å²) in [7, 11) is 0. The Morgan fingerprint density at radius 3 is 2.62 bits per heavy atom. The van der Waals surface area contributed by atoms with E-state index in [1.165, 1.54) is 22.2 Å². The third kappa shape index (κ3) is 4.28. The molecule has 1 aromatic carbocycles. The van der Waals surface area contributed by atoms with Crippen molar-refractivity contribution >= 4 is 17.2 Å². The van der Waals surface area contributed by atoms with Crippen LogP contribution in [0.4, 0.5) is 20.4 Å². The third-order valence-corrected chi connectivity index (χ3v) is 7.57. The maximum absolute atomic E-state index is 15.1. The van der Waals surface area contributed by atoms with Crippen molar-refractivity contribution in [2.45, 2.75) is 56.6 Å². The standard InChI is InChI=1S/C28H28F2N6O/c1-16-9-17(11-19(31)10-16)21-5-8-32-15-25(21)34-27-33-14-20-3-4-24(35-36(20)27)26-22(29)12-18(13-23(26)30)28(37)6-2-7-28/h3-5,8,10,12-15,17,19,37H,2,6-7,9,11,31H2,1H3,(H,33,34). The number of hydrogen-bond acceptors (Lipinski definition) is 6. The molecule has 2 atom stereocenters. The molecule has 0 bridgehead atoms. The fraction of sp³-hybridized carbons (Fsp3) is 0.321. The molecule has 3 aromatic heterocycles. The number of rotatable bonds is 5. The minimum absolute atomic E-state index is 0.00238. The number of nitrogens with zero attached hydrogens (tertiary/aromatic N) is 4. The summed E-state index contributed by atoms with van der Waals surface area (Å²) in [5.41, 5.74) is 9.01. The minimum atomic E-state index is -1.16. The Balaban J connectivity index is 1.35. The van der Waals surface area contributed by atoms with Gasteiger partial charge in [-0.15, -0.1) is 0 Å². The quantitative estimate of drug-likeness (QED) is 0.319. The maximum Gasteiger partial charge on any atom is 0.229 e. The highest BCUT2D eigenvalue weighted by molar-refractivity contribution is 5.66. The van der Waals surface area contributed by atoms with Gasteiger partial charge in [0.15, 0.2) is 0 Å². The molecule has 1 saturated carbocycles. The normalized spacial score (nSPS) is 20.9. The Kier molecular flexibility index (Phi) is 5.77. The molecule has 2 aliphatic rings. The van der Waals surface area contributed by atoms with E-state index < -0.39 is 17.2 Å². The summed E-state index contributed by atoms with van der Waals surface area (Å²) in [5.74, 6) is -0.890. The van der Waals surface area contributed by atoms with Crippen molar-refractivity contribution in [3.8, 4) is 11.3 Å². The number of allylic oxidation sites excluding steroid dienone is 1. The highest BCUT2D eigenvalue weighted by Gasteiger charge is 2.37. The van der Waals surface area contributed by atoms with Gasteiger partial charge in [0.1, 0.15) is 11.6 Å². The zero-order valence-corrected chi connectivity index (χ0v) is 20.5. The fourth-order valence-electron chi connectivity index (χ4n) is 5.51. The first-order valence-electron chi connectivity index (χ1n) is 12.5. The van der Waals surface area contributed by atoms with Gasteiger partial charge in [-0.25, -0.2) is 13.8 Å². The molecule has 0 aliphatic heterocycles. The van der Waals surface area contributed by atoms with E-state index in [4.69, 9.17) is 5.73 Å². The first-order chi connectivity index (χ1) is 17.8. The van der Waals surface area contributed by atoms with E-state index in [0.29, 0.717) is 24.3 Å². The molecule has 0 amide bonds. The lowest BCUT2D eigenvalue weighted by Gasteiger charge is -2.37. The molecule has 2 aliphatic carbocycles. The predicted molar refractivity (Wildman–Crippen MR) is 137 cm³/mol. The summed E-state index contributed by atoms with van der Waals surface area (Å²) in [6.07, 6.45) is 10.8. The van der Waals surface area contributed by atoms with Crippen LogP contribution >= 0.6 is 0 Å². The molecular weight excluding hydrogens is 474 g/mol. The van der Waals surface area contributed by atoms with Crippen LogP contribution in [-0.4, -0.2) is 30.7 Å². The summed E-state index contributed by atoms with van der Waals surface area (Å²) in [6.45, 7) is 2.09. The van der Waals surface area contributed by atoms with Crippen LogP contribution in [-0.2, 0) is 5.60 Å². The average Bonchev–Trinajstić information content (AvgIpc) is 3.24. The minimum Gasteiger partial charge on any atom is -0.385 e. The Morgan fingerprint density at radius 1 is 1.14 bits per heavy atom. The SMILES string of the molecule is CC1=CC(N)CC(c2ccncc2Nc2ncc3ccc(-c4c(F)cc(C5(O)CCC5)cc4F)nn23)C1. The monoisotopic (exact) mass is 502 g/mol. The fourth-order valence-corrected chi connectivity index (χ4v) is 5.51. The number of anilines is 2. The number of nitrogens with two attached hydrogens (primary N) is 1. The van der Waals surface area contributed by atoms with Crippen LogP contribution in [0, 0.1) is 11.6 Å². The van der Waals surface area contributed by atoms with E-state index in [9.17, 15) is 5.11 Å². The summed E-state index contributed by atoms with van der Waals surface area (Å²) >= 11 is 0. The number of benzene rings is 1. The molecule has 37 heavy (non-hydrogen) atoms. The van der Waals surface area contributed by atoms with E-state index in [-0.39, 0.29) is 28.8 Å². The molecule has 190 valence electrons. The van der Waals surface area contributed by atoms with Gasteiger partial charge in [-0.05, 0) is 86.4 Å². The topological polar surface area (TPSA) is 101 Å². The summed E-state index contributed by atoms with van der Waals surface area (Å²) in [4.78, 5) is 8.74. The smallest absolute Gasteiger partial charge is 0.229 e. The van der Waals surface area contributed by atoms with Gasteiger partial charge in [-0.3, -0.25) is 4.98 Å². The Bertz CT molecular complexity index is 1500. The van der Waals surface area contributed by atoms with E-state index in [1.54, 1.807) is 30.7 Å². The van der Waals surface area contributed by atoms with Crippen LogP contribution < -0.4 is 11.1 Å². The first-order valence-corrected chi connectivity index (χ1v) is 12.5. The molecular formula is C28H28F2N6O. The third-order valence-electron chi connectivity index (χ3n) is 7.57. The van der Waals surface area contributed by atoms with Crippen LogP contribution in [0.1, 0.15) is 56.1 Å². The van der Waals surface area contributed by atoms with Crippen LogP contribution in [0.25, 0.3) is 16.8 Å². The lowest BCUT2D eigenvalue weighted by Crippen LogP contribution is -2.33. The molecule has 6 rings (SSSR count). The molecule has 4 N–H and O–H groups in total. The van der Waals surface area contributed by atoms with Crippen LogP contribution in [0.5, 0.6) is 0 Å². The van der Waals surface area contributed by atoms with Gasteiger partial charge in [-0.1, -0.05) is 11.6 Å². The molecule has 9 heteroatoms. The van der Waals surface area contributed by atoms with E-state index in [1.807, 2.05) is 6.07 Å².